The Kier molecular flexibility index (Phi) is 4.69. The first-order valence-corrected chi connectivity index (χ1v) is 6.92. The van der Waals surface area contributed by atoms with Crippen molar-refractivity contribution in [2.75, 3.05) is 0 Å². The number of hydrogen-bond donors (Lipinski definition) is 1. The third-order valence-electron chi connectivity index (χ3n) is 3.12. The minimum Gasteiger partial charge on any atom is -0.454 e. The third kappa shape index (κ3) is 3.33. The minimum atomic E-state index is -0.517. The number of nitrogens with zero attached hydrogens (tertiary/aromatic N) is 2. The highest BCUT2D eigenvalue weighted by molar-refractivity contribution is 5.34. The van der Waals surface area contributed by atoms with E-state index in [-0.39, 0.29) is 0 Å². The average Bonchev–Trinajstić information content (AvgIpc) is 2.49. The molecule has 0 bridgehead atoms. The van der Waals surface area contributed by atoms with Gasteiger partial charge < -0.3 is 9.84 Å². The second kappa shape index (κ2) is 6.48. The van der Waals surface area contributed by atoms with Crippen molar-refractivity contribution in [3.05, 3.63) is 47.5 Å². The highest BCUT2D eigenvalue weighted by Gasteiger charge is 2.08. The summed E-state index contributed by atoms with van der Waals surface area (Å²) >= 11 is 0. The first kappa shape index (κ1) is 14.5. The number of ether oxygens (including phenoxy) is 1. The van der Waals surface area contributed by atoms with E-state index in [4.69, 9.17) is 4.74 Å². The molecule has 20 heavy (non-hydrogen) atoms. The van der Waals surface area contributed by atoms with Gasteiger partial charge in [-0.3, -0.25) is 9.97 Å². The second-order valence-electron chi connectivity index (χ2n) is 4.70. The number of pyridine rings is 2. The fourth-order valence-corrected chi connectivity index (χ4v) is 1.93. The molecule has 2 heterocycles. The SMILES string of the molecule is CCc1nc(C)ccc1Oc1ccc([C@@H](O)CC)nc1. The molecule has 0 aromatic carbocycles. The monoisotopic (exact) mass is 272 g/mol. The Balaban J connectivity index is 2.18. The molecule has 4 heteroatoms. The van der Waals surface area contributed by atoms with Gasteiger partial charge in [0.1, 0.15) is 11.5 Å². The molecule has 2 rings (SSSR count). The second-order valence-corrected chi connectivity index (χ2v) is 4.70. The van der Waals surface area contributed by atoms with Crippen LogP contribution < -0.4 is 4.74 Å². The first-order valence-electron chi connectivity index (χ1n) is 6.92. The average molecular weight is 272 g/mol. The van der Waals surface area contributed by atoms with E-state index >= 15 is 0 Å². The first-order chi connectivity index (χ1) is 9.63. The van der Waals surface area contributed by atoms with Crippen LogP contribution in [0, 0.1) is 6.92 Å². The summed E-state index contributed by atoms with van der Waals surface area (Å²) in [6.45, 7) is 5.93. The van der Waals surface area contributed by atoms with Crippen molar-refractivity contribution >= 4 is 0 Å². The van der Waals surface area contributed by atoms with Crippen LogP contribution in [0.4, 0.5) is 0 Å². The van der Waals surface area contributed by atoms with Gasteiger partial charge >= 0.3 is 0 Å². The molecule has 0 saturated carbocycles. The predicted octanol–water partition coefficient (Wildman–Crippen LogP) is 3.58. The molecule has 4 nitrogen and oxygen atoms in total. The van der Waals surface area contributed by atoms with Crippen molar-refractivity contribution < 1.29 is 9.84 Å². The molecule has 1 N–H and O–H groups in total. The zero-order valence-electron chi connectivity index (χ0n) is 12.1. The molecule has 0 aliphatic carbocycles. The summed E-state index contributed by atoms with van der Waals surface area (Å²) in [6, 6.07) is 7.46. The van der Waals surface area contributed by atoms with E-state index in [0.717, 1.165) is 23.6 Å². The number of hydrogen-bond acceptors (Lipinski definition) is 4. The fourth-order valence-electron chi connectivity index (χ4n) is 1.93. The standard InChI is InChI=1S/C16H20N2O2/c1-4-13-16(9-6-11(3)18-13)20-12-7-8-14(17-10-12)15(19)5-2/h6-10,15,19H,4-5H2,1-3H3/t15-/m0/s1. The fraction of sp³-hybridized carbons (Fsp3) is 0.375. The molecule has 0 radical (unpaired) electrons. The zero-order chi connectivity index (χ0) is 14.5. The van der Waals surface area contributed by atoms with Gasteiger partial charge in [0, 0.05) is 5.69 Å². The highest BCUT2D eigenvalue weighted by atomic mass is 16.5. The van der Waals surface area contributed by atoms with E-state index in [1.54, 1.807) is 12.3 Å². The van der Waals surface area contributed by atoms with Crippen LogP contribution in [0.5, 0.6) is 11.5 Å². The quantitative estimate of drug-likeness (QED) is 0.903. The molecule has 0 fully saturated rings. The topological polar surface area (TPSA) is 55.2 Å². The number of aromatic nitrogens is 2. The summed E-state index contributed by atoms with van der Waals surface area (Å²) in [5.74, 6) is 1.40. The Labute approximate surface area is 119 Å². The van der Waals surface area contributed by atoms with Crippen LogP contribution in [0.25, 0.3) is 0 Å². The van der Waals surface area contributed by atoms with E-state index in [9.17, 15) is 5.11 Å². The van der Waals surface area contributed by atoms with Gasteiger partial charge in [0.2, 0.25) is 0 Å². The van der Waals surface area contributed by atoms with Gasteiger partial charge in [-0.1, -0.05) is 13.8 Å². The van der Waals surface area contributed by atoms with Gasteiger partial charge in [0.15, 0.2) is 0 Å². The number of aliphatic hydroxyl groups excluding tert-OH is 1. The lowest BCUT2D eigenvalue weighted by Crippen LogP contribution is -1.99. The van der Waals surface area contributed by atoms with Gasteiger partial charge in [0.05, 0.1) is 23.7 Å². The number of aliphatic hydroxyl groups is 1. The van der Waals surface area contributed by atoms with Crippen molar-refractivity contribution in [3.8, 4) is 11.5 Å². The third-order valence-corrected chi connectivity index (χ3v) is 3.12. The Bertz CT molecular complexity index is 567. The Morgan fingerprint density at radius 3 is 2.60 bits per heavy atom. The highest BCUT2D eigenvalue weighted by Crippen LogP contribution is 2.25. The molecule has 0 aliphatic rings. The molecular weight excluding hydrogens is 252 g/mol. The van der Waals surface area contributed by atoms with Gasteiger partial charge in [-0.05, 0) is 44.0 Å². The van der Waals surface area contributed by atoms with Crippen molar-refractivity contribution in [1.29, 1.82) is 0 Å². The summed E-state index contributed by atoms with van der Waals surface area (Å²) in [6.07, 6.45) is 2.58. The molecule has 0 spiro atoms. The predicted molar refractivity (Wildman–Crippen MR) is 77.9 cm³/mol. The van der Waals surface area contributed by atoms with Crippen molar-refractivity contribution in [2.45, 2.75) is 39.7 Å². The van der Waals surface area contributed by atoms with Crippen LogP contribution in [0.3, 0.4) is 0 Å². The van der Waals surface area contributed by atoms with Crippen LogP contribution in [0.15, 0.2) is 30.5 Å². The summed E-state index contributed by atoms with van der Waals surface area (Å²) in [5, 5.41) is 9.71. The van der Waals surface area contributed by atoms with Crippen LogP contribution in [0.1, 0.15) is 43.5 Å². The number of rotatable bonds is 5. The van der Waals surface area contributed by atoms with E-state index in [2.05, 4.69) is 9.97 Å². The zero-order valence-corrected chi connectivity index (χ0v) is 12.1. The normalized spacial score (nSPS) is 12.2. The maximum Gasteiger partial charge on any atom is 0.148 e. The molecule has 0 aliphatic heterocycles. The Hall–Kier alpha value is -1.94. The molecule has 2 aromatic heterocycles. The van der Waals surface area contributed by atoms with Crippen molar-refractivity contribution in [1.82, 2.24) is 9.97 Å². The maximum absolute atomic E-state index is 9.71. The van der Waals surface area contributed by atoms with Gasteiger partial charge in [0.25, 0.3) is 0 Å². The van der Waals surface area contributed by atoms with E-state index in [0.29, 0.717) is 17.9 Å². The summed E-state index contributed by atoms with van der Waals surface area (Å²) in [4.78, 5) is 8.68. The lowest BCUT2D eigenvalue weighted by atomic mass is 10.2. The molecule has 106 valence electrons. The van der Waals surface area contributed by atoms with Gasteiger partial charge in [-0.25, -0.2) is 0 Å². The molecule has 0 amide bonds. The smallest absolute Gasteiger partial charge is 0.148 e. The van der Waals surface area contributed by atoms with Crippen LogP contribution in [-0.4, -0.2) is 15.1 Å². The summed E-state index contributed by atoms with van der Waals surface area (Å²) in [5.41, 5.74) is 2.58. The Morgan fingerprint density at radius 1 is 1.20 bits per heavy atom. The summed E-state index contributed by atoms with van der Waals surface area (Å²) < 4.78 is 5.82. The lowest BCUT2D eigenvalue weighted by Gasteiger charge is -2.11. The minimum absolute atomic E-state index is 0.517. The molecule has 1 atom stereocenters. The molecule has 2 aromatic rings. The summed E-state index contributed by atoms with van der Waals surface area (Å²) in [7, 11) is 0. The number of aryl methyl sites for hydroxylation is 2. The van der Waals surface area contributed by atoms with Crippen LogP contribution in [0.2, 0.25) is 0 Å². The van der Waals surface area contributed by atoms with Gasteiger partial charge in [-0.15, -0.1) is 0 Å². The molecular formula is C16H20N2O2. The molecule has 0 unspecified atom stereocenters. The maximum atomic E-state index is 9.71. The van der Waals surface area contributed by atoms with Gasteiger partial charge in [-0.2, -0.15) is 0 Å². The van der Waals surface area contributed by atoms with Crippen LogP contribution in [-0.2, 0) is 6.42 Å². The van der Waals surface area contributed by atoms with Crippen molar-refractivity contribution in [3.63, 3.8) is 0 Å². The van der Waals surface area contributed by atoms with E-state index in [1.807, 2.05) is 39.0 Å². The Morgan fingerprint density at radius 2 is 2.00 bits per heavy atom. The molecule has 0 saturated heterocycles. The van der Waals surface area contributed by atoms with E-state index < -0.39 is 6.10 Å². The lowest BCUT2D eigenvalue weighted by molar-refractivity contribution is 0.169. The van der Waals surface area contributed by atoms with E-state index in [1.165, 1.54) is 0 Å². The largest absolute Gasteiger partial charge is 0.454 e. The van der Waals surface area contributed by atoms with Crippen molar-refractivity contribution in [2.24, 2.45) is 0 Å². The van der Waals surface area contributed by atoms with Crippen LogP contribution >= 0.6 is 0 Å².